The monoisotopic (exact) mass is 358 g/mol. The maximum absolute atomic E-state index is 12.6. The van der Waals surface area contributed by atoms with E-state index in [0.717, 1.165) is 11.1 Å². The van der Waals surface area contributed by atoms with E-state index >= 15 is 0 Å². The molecule has 0 aliphatic heterocycles. The topological polar surface area (TPSA) is 81.4 Å². The summed E-state index contributed by atoms with van der Waals surface area (Å²) in [6.45, 7) is 3.63. The van der Waals surface area contributed by atoms with Crippen molar-refractivity contribution in [3.8, 4) is 17.0 Å². The summed E-state index contributed by atoms with van der Waals surface area (Å²) in [6, 6.07) is 11.8. The van der Waals surface area contributed by atoms with Crippen molar-refractivity contribution in [1.82, 2.24) is 4.98 Å². The Hall–Kier alpha value is -2.80. The van der Waals surface area contributed by atoms with E-state index in [1.165, 1.54) is 25.5 Å². The Morgan fingerprint density at radius 3 is 2.40 bits per heavy atom. The average Bonchev–Trinajstić information content (AvgIpc) is 3.01. The van der Waals surface area contributed by atoms with Crippen LogP contribution in [0.4, 0.5) is 5.69 Å². The molecule has 6 nitrogen and oxygen atoms in total. The van der Waals surface area contributed by atoms with Crippen LogP contribution in [0.5, 0.6) is 5.75 Å². The van der Waals surface area contributed by atoms with Gasteiger partial charge in [0.2, 0.25) is 0 Å². The molecule has 3 rings (SSSR count). The lowest BCUT2D eigenvalue weighted by Crippen LogP contribution is -2.13. The number of nitrogens with one attached hydrogen (secondary N) is 1. The fraction of sp³-hybridized carbons (Fsp3) is 0.167. The summed E-state index contributed by atoms with van der Waals surface area (Å²) < 4.78 is 38.2. The standard InChI is InChI=1S/C18H18N2O4S/c1-12-4-9-18(23-3)16(10-12)20-25(21,22)15-7-5-14(6-8-15)17-11-24-13(2)19-17/h4-11,20H,1-3H3. The van der Waals surface area contributed by atoms with E-state index in [2.05, 4.69) is 9.71 Å². The van der Waals surface area contributed by atoms with Gasteiger partial charge >= 0.3 is 0 Å². The van der Waals surface area contributed by atoms with Crippen molar-refractivity contribution in [2.75, 3.05) is 11.8 Å². The van der Waals surface area contributed by atoms with Crippen LogP contribution in [-0.2, 0) is 10.0 Å². The SMILES string of the molecule is COc1ccc(C)cc1NS(=O)(=O)c1ccc(-c2coc(C)n2)cc1. The Bertz CT molecular complexity index is 992. The van der Waals surface area contributed by atoms with E-state index in [1.54, 1.807) is 31.2 Å². The molecule has 1 aromatic heterocycles. The van der Waals surface area contributed by atoms with Gasteiger partial charge in [0.1, 0.15) is 17.7 Å². The second-order valence-electron chi connectivity index (χ2n) is 5.59. The first-order chi connectivity index (χ1) is 11.9. The van der Waals surface area contributed by atoms with Gasteiger partial charge in [-0.15, -0.1) is 0 Å². The van der Waals surface area contributed by atoms with E-state index in [9.17, 15) is 8.42 Å². The molecule has 1 N–H and O–H groups in total. The number of anilines is 1. The fourth-order valence-corrected chi connectivity index (χ4v) is 3.47. The smallest absolute Gasteiger partial charge is 0.262 e. The van der Waals surface area contributed by atoms with Crippen molar-refractivity contribution in [2.45, 2.75) is 18.7 Å². The van der Waals surface area contributed by atoms with E-state index in [1.807, 2.05) is 13.0 Å². The van der Waals surface area contributed by atoms with E-state index in [-0.39, 0.29) is 4.90 Å². The number of hydrogen-bond donors (Lipinski definition) is 1. The lowest BCUT2D eigenvalue weighted by Gasteiger charge is -2.12. The van der Waals surface area contributed by atoms with E-state index in [4.69, 9.17) is 9.15 Å². The van der Waals surface area contributed by atoms with Gasteiger partial charge in [-0.05, 0) is 36.8 Å². The molecule has 0 radical (unpaired) electrons. The van der Waals surface area contributed by atoms with Crippen molar-refractivity contribution in [3.05, 3.63) is 60.2 Å². The minimum atomic E-state index is -3.73. The number of sulfonamides is 1. The third-order valence-corrected chi connectivity index (χ3v) is 5.06. The largest absolute Gasteiger partial charge is 0.495 e. The van der Waals surface area contributed by atoms with E-state index in [0.29, 0.717) is 23.0 Å². The number of benzene rings is 2. The van der Waals surface area contributed by atoms with Gasteiger partial charge < -0.3 is 9.15 Å². The van der Waals surface area contributed by atoms with Gasteiger partial charge in [-0.1, -0.05) is 18.2 Å². The highest BCUT2D eigenvalue weighted by atomic mass is 32.2. The zero-order valence-corrected chi connectivity index (χ0v) is 14.9. The summed E-state index contributed by atoms with van der Waals surface area (Å²) >= 11 is 0. The molecular weight excluding hydrogens is 340 g/mol. The summed E-state index contributed by atoms with van der Waals surface area (Å²) in [4.78, 5) is 4.38. The molecule has 0 bridgehead atoms. The quantitative estimate of drug-likeness (QED) is 0.751. The molecule has 1 heterocycles. The van der Waals surface area contributed by atoms with Crippen molar-refractivity contribution < 1.29 is 17.6 Å². The summed E-state index contributed by atoms with van der Waals surface area (Å²) in [6.07, 6.45) is 1.54. The summed E-state index contributed by atoms with van der Waals surface area (Å²) in [7, 11) is -2.23. The summed E-state index contributed by atoms with van der Waals surface area (Å²) in [5.41, 5.74) is 2.77. The number of aromatic nitrogens is 1. The highest BCUT2D eigenvalue weighted by Crippen LogP contribution is 2.28. The van der Waals surface area contributed by atoms with Crippen LogP contribution in [0.25, 0.3) is 11.3 Å². The second-order valence-corrected chi connectivity index (χ2v) is 7.27. The first-order valence-corrected chi connectivity index (χ1v) is 9.07. The molecule has 0 amide bonds. The number of nitrogens with zero attached hydrogens (tertiary/aromatic N) is 1. The normalized spacial score (nSPS) is 11.3. The number of ether oxygens (including phenoxy) is 1. The van der Waals surface area contributed by atoms with Crippen LogP contribution in [0, 0.1) is 13.8 Å². The molecule has 0 spiro atoms. The molecule has 7 heteroatoms. The van der Waals surface area contributed by atoms with Crippen LogP contribution in [0.2, 0.25) is 0 Å². The van der Waals surface area contributed by atoms with Crippen LogP contribution >= 0.6 is 0 Å². The molecule has 0 fully saturated rings. The molecule has 0 aliphatic rings. The average molecular weight is 358 g/mol. The highest BCUT2D eigenvalue weighted by Gasteiger charge is 2.17. The van der Waals surface area contributed by atoms with Crippen LogP contribution in [0.3, 0.4) is 0 Å². The van der Waals surface area contributed by atoms with Crippen LogP contribution in [0.1, 0.15) is 11.5 Å². The molecule has 3 aromatic rings. The molecule has 0 unspecified atom stereocenters. The maximum atomic E-state index is 12.6. The van der Waals surface area contributed by atoms with E-state index < -0.39 is 10.0 Å². The molecule has 0 saturated carbocycles. The molecule has 2 aromatic carbocycles. The maximum Gasteiger partial charge on any atom is 0.262 e. The third-order valence-electron chi connectivity index (χ3n) is 3.68. The van der Waals surface area contributed by atoms with Crippen molar-refractivity contribution in [1.29, 1.82) is 0 Å². The molecule has 0 saturated heterocycles. The lowest BCUT2D eigenvalue weighted by molar-refractivity contribution is 0.417. The number of rotatable bonds is 5. The number of oxazole rings is 1. The molecular formula is C18H18N2O4S. The molecule has 25 heavy (non-hydrogen) atoms. The minimum Gasteiger partial charge on any atom is -0.495 e. The van der Waals surface area contributed by atoms with Crippen molar-refractivity contribution in [3.63, 3.8) is 0 Å². The number of aryl methyl sites for hydroxylation is 2. The molecule has 0 atom stereocenters. The molecule has 0 aliphatic carbocycles. The predicted octanol–water partition coefficient (Wildman–Crippen LogP) is 3.77. The minimum absolute atomic E-state index is 0.153. The van der Waals surface area contributed by atoms with Gasteiger partial charge in [0.15, 0.2) is 5.89 Å². The Kier molecular flexibility index (Phi) is 4.50. The lowest BCUT2D eigenvalue weighted by atomic mass is 10.2. The third kappa shape index (κ3) is 3.66. The van der Waals surface area contributed by atoms with Gasteiger partial charge in [0.05, 0.1) is 17.7 Å². The van der Waals surface area contributed by atoms with Gasteiger partial charge in [-0.25, -0.2) is 13.4 Å². The Balaban J connectivity index is 1.89. The van der Waals surface area contributed by atoms with Gasteiger partial charge in [0, 0.05) is 12.5 Å². The van der Waals surface area contributed by atoms with Gasteiger partial charge in [-0.2, -0.15) is 0 Å². The fourth-order valence-electron chi connectivity index (χ4n) is 2.41. The van der Waals surface area contributed by atoms with Crippen LogP contribution in [-0.4, -0.2) is 20.5 Å². The Morgan fingerprint density at radius 1 is 1.08 bits per heavy atom. The van der Waals surface area contributed by atoms with Crippen molar-refractivity contribution >= 4 is 15.7 Å². The molecule has 130 valence electrons. The highest BCUT2D eigenvalue weighted by molar-refractivity contribution is 7.92. The van der Waals surface area contributed by atoms with Crippen LogP contribution in [0.15, 0.2) is 58.0 Å². The first-order valence-electron chi connectivity index (χ1n) is 7.59. The number of methoxy groups -OCH3 is 1. The number of hydrogen-bond acceptors (Lipinski definition) is 5. The second kappa shape index (κ2) is 6.60. The van der Waals surface area contributed by atoms with Crippen LogP contribution < -0.4 is 9.46 Å². The first kappa shape index (κ1) is 17.0. The van der Waals surface area contributed by atoms with Gasteiger partial charge in [0.25, 0.3) is 10.0 Å². The van der Waals surface area contributed by atoms with Crippen molar-refractivity contribution in [2.24, 2.45) is 0 Å². The predicted molar refractivity (Wildman–Crippen MR) is 95.2 cm³/mol. The summed E-state index contributed by atoms with van der Waals surface area (Å²) in [5.74, 6) is 1.02. The Labute approximate surface area is 146 Å². The zero-order chi connectivity index (χ0) is 18.0. The summed E-state index contributed by atoms with van der Waals surface area (Å²) in [5, 5.41) is 0. The Morgan fingerprint density at radius 2 is 1.80 bits per heavy atom. The van der Waals surface area contributed by atoms with Gasteiger partial charge in [-0.3, -0.25) is 4.72 Å². The zero-order valence-electron chi connectivity index (χ0n) is 14.1.